The van der Waals surface area contributed by atoms with Crippen LogP contribution in [0, 0.1) is 5.82 Å². The first-order valence-electron chi connectivity index (χ1n) is 7.95. The van der Waals surface area contributed by atoms with Crippen LogP contribution in [0.3, 0.4) is 0 Å². The summed E-state index contributed by atoms with van der Waals surface area (Å²) in [6.07, 6.45) is 0. The van der Waals surface area contributed by atoms with Crippen molar-refractivity contribution in [3.63, 3.8) is 0 Å². The van der Waals surface area contributed by atoms with E-state index in [4.69, 9.17) is 4.42 Å². The van der Waals surface area contributed by atoms with Gasteiger partial charge in [0.05, 0.1) is 23.6 Å². The van der Waals surface area contributed by atoms with Gasteiger partial charge in [-0.1, -0.05) is 34.1 Å². The van der Waals surface area contributed by atoms with Crippen LogP contribution in [0.1, 0.15) is 27.7 Å². The second kappa shape index (κ2) is 6.34. The predicted molar refractivity (Wildman–Crippen MR) is 96.5 cm³/mol. The second-order valence-electron chi connectivity index (χ2n) is 5.96. The summed E-state index contributed by atoms with van der Waals surface area (Å²) in [4.78, 5) is 27.2. The molecule has 0 fully saturated rings. The number of aliphatic hydroxyl groups is 1. The highest BCUT2D eigenvalue weighted by atomic mass is 79.9. The maximum Gasteiger partial charge on any atom is 0.290 e. The van der Waals surface area contributed by atoms with Gasteiger partial charge in [0.15, 0.2) is 5.43 Å². The standard InChI is InChI=1S/C19H13BrFNO4/c20-10-5-6-14-12(9-10)17(24)15-16(11-3-1-2-4-13(11)21)22(7-8-23)19(25)18(15)26-14/h1-6,9,16,23H,7-8H2. The number of halogens is 2. The maximum atomic E-state index is 14.4. The van der Waals surface area contributed by atoms with Gasteiger partial charge in [0.2, 0.25) is 5.76 Å². The number of rotatable bonds is 3. The number of nitrogens with zero attached hydrogens (tertiary/aromatic N) is 1. The second-order valence-corrected chi connectivity index (χ2v) is 6.88. The molecule has 4 rings (SSSR count). The zero-order valence-electron chi connectivity index (χ0n) is 13.4. The Morgan fingerprint density at radius 2 is 1.96 bits per heavy atom. The Labute approximate surface area is 155 Å². The van der Waals surface area contributed by atoms with Crippen LogP contribution in [0.15, 0.2) is 56.1 Å². The van der Waals surface area contributed by atoms with E-state index in [0.717, 1.165) is 0 Å². The molecule has 3 aromatic rings. The summed E-state index contributed by atoms with van der Waals surface area (Å²) in [5, 5.41) is 9.65. The summed E-state index contributed by atoms with van der Waals surface area (Å²) >= 11 is 3.32. The van der Waals surface area contributed by atoms with Crippen molar-refractivity contribution < 1.29 is 18.7 Å². The average molecular weight is 418 g/mol. The molecule has 1 unspecified atom stereocenters. The summed E-state index contributed by atoms with van der Waals surface area (Å²) in [6.45, 7) is -0.356. The van der Waals surface area contributed by atoms with E-state index in [0.29, 0.717) is 9.86 Å². The highest BCUT2D eigenvalue weighted by Gasteiger charge is 2.43. The third-order valence-electron chi connectivity index (χ3n) is 4.47. The zero-order chi connectivity index (χ0) is 18.4. The highest BCUT2D eigenvalue weighted by Crippen LogP contribution is 2.38. The number of β-amino-alcohol motifs (C(OH)–C–C–N with tert-alkyl or cyclic N) is 1. The number of benzene rings is 2. The first-order chi connectivity index (χ1) is 12.5. The Morgan fingerprint density at radius 3 is 2.69 bits per heavy atom. The van der Waals surface area contributed by atoms with Crippen molar-refractivity contribution in [2.45, 2.75) is 6.04 Å². The highest BCUT2D eigenvalue weighted by molar-refractivity contribution is 9.10. The molecule has 1 aliphatic rings. The lowest BCUT2D eigenvalue weighted by Gasteiger charge is -2.24. The quantitative estimate of drug-likeness (QED) is 0.709. The van der Waals surface area contributed by atoms with Crippen molar-refractivity contribution in [2.24, 2.45) is 0 Å². The SMILES string of the molecule is O=C1c2oc3ccc(Br)cc3c(=O)c2C(c2ccccc2F)N1CCO. The van der Waals surface area contributed by atoms with Gasteiger partial charge in [-0.2, -0.15) is 0 Å². The van der Waals surface area contributed by atoms with Crippen molar-refractivity contribution in [1.82, 2.24) is 4.90 Å². The number of aliphatic hydroxyl groups excluding tert-OH is 1. The molecular weight excluding hydrogens is 405 g/mol. The largest absolute Gasteiger partial charge is 0.450 e. The molecule has 2 aromatic carbocycles. The van der Waals surface area contributed by atoms with Gasteiger partial charge in [-0.15, -0.1) is 0 Å². The van der Waals surface area contributed by atoms with Gasteiger partial charge in [0.1, 0.15) is 11.4 Å². The van der Waals surface area contributed by atoms with E-state index in [1.54, 1.807) is 24.3 Å². The van der Waals surface area contributed by atoms with Crippen LogP contribution in [0.4, 0.5) is 4.39 Å². The molecule has 0 radical (unpaired) electrons. The Bertz CT molecular complexity index is 1090. The minimum absolute atomic E-state index is 0.0402. The zero-order valence-corrected chi connectivity index (χ0v) is 15.0. The monoisotopic (exact) mass is 417 g/mol. The molecule has 0 aliphatic carbocycles. The minimum Gasteiger partial charge on any atom is -0.450 e. The third-order valence-corrected chi connectivity index (χ3v) is 4.96. The number of fused-ring (bicyclic) bond motifs is 2. The topological polar surface area (TPSA) is 70.8 Å². The molecule has 1 atom stereocenters. The van der Waals surface area contributed by atoms with E-state index in [1.807, 2.05) is 0 Å². The molecular formula is C19H13BrFNO4. The van der Waals surface area contributed by atoms with Gasteiger partial charge < -0.3 is 14.4 Å². The lowest BCUT2D eigenvalue weighted by molar-refractivity contribution is 0.0689. The number of hydrogen-bond acceptors (Lipinski definition) is 4. The molecule has 0 spiro atoms. The molecule has 7 heteroatoms. The van der Waals surface area contributed by atoms with Crippen LogP contribution in [-0.2, 0) is 0 Å². The molecule has 132 valence electrons. The smallest absolute Gasteiger partial charge is 0.290 e. The Balaban J connectivity index is 2.05. The van der Waals surface area contributed by atoms with E-state index >= 15 is 0 Å². The van der Waals surface area contributed by atoms with Gasteiger partial charge in [-0.05, 0) is 24.3 Å². The van der Waals surface area contributed by atoms with Gasteiger partial charge in [0.25, 0.3) is 5.91 Å². The fourth-order valence-electron chi connectivity index (χ4n) is 3.35. The molecule has 2 heterocycles. The van der Waals surface area contributed by atoms with Crippen molar-refractivity contribution in [2.75, 3.05) is 13.2 Å². The lowest BCUT2D eigenvalue weighted by Crippen LogP contribution is -2.32. The number of amides is 1. The maximum absolute atomic E-state index is 14.4. The molecule has 1 amide bonds. The van der Waals surface area contributed by atoms with E-state index in [-0.39, 0.29) is 41.1 Å². The van der Waals surface area contributed by atoms with Gasteiger partial charge in [0, 0.05) is 16.6 Å². The van der Waals surface area contributed by atoms with Gasteiger partial charge in [-0.3, -0.25) is 9.59 Å². The van der Waals surface area contributed by atoms with Crippen LogP contribution >= 0.6 is 15.9 Å². The van der Waals surface area contributed by atoms with Crippen LogP contribution in [-0.4, -0.2) is 29.1 Å². The van der Waals surface area contributed by atoms with E-state index in [2.05, 4.69) is 15.9 Å². The third kappa shape index (κ3) is 2.47. The summed E-state index contributed by atoms with van der Waals surface area (Å²) in [6, 6.07) is 9.94. The fourth-order valence-corrected chi connectivity index (χ4v) is 3.71. The molecule has 1 N–H and O–H groups in total. The van der Waals surface area contributed by atoms with Crippen molar-refractivity contribution in [3.8, 4) is 0 Å². The van der Waals surface area contributed by atoms with Crippen LogP contribution in [0.25, 0.3) is 11.0 Å². The van der Waals surface area contributed by atoms with E-state index in [9.17, 15) is 19.1 Å². The number of carbonyl (C=O) groups is 1. The summed E-state index contributed by atoms with van der Waals surface area (Å²) < 4.78 is 20.8. The van der Waals surface area contributed by atoms with Crippen LogP contribution < -0.4 is 5.43 Å². The van der Waals surface area contributed by atoms with Crippen LogP contribution in [0.2, 0.25) is 0 Å². The first kappa shape index (κ1) is 16.9. The predicted octanol–water partition coefficient (Wildman–Crippen LogP) is 3.23. The number of carbonyl (C=O) groups excluding carboxylic acids is 1. The van der Waals surface area contributed by atoms with Crippen molar-refractivity contribution in [1.29, 1.82) is 0 Å². The fraction of sp³-hybridized carbons (Fsp3) is 0.158. The summed E-state index contributed by atoms with van der Waals surface area (Å²) in [7, 11) is 0. The Hall–Kier alpha value is -2.51. The molecule has 0 saturated carbocycles. The minimum atomic E-state index is -0.939. The first-order valence-corrected chi connectivity index (χ1v) is 8.74. The summed E-state index contributed by atoms with van der Waals surface area (Å²) in [5.74, 6) is -1.18. The normalized spacial score (nSPS) is 16.3. The Morgan fingerprint density at radius 1 is 1.19 bits per heavy atom. The lowest BCUT2D eigenvalue weighted by atomic mass is 9.98. The number of hydrogen-bond donors (Lipinski definition) is 1. The molecule has 26 heavy (non-hydrogen) atoms. The molecule has 1 aromatic heterocycles. The average Bonchev–Trinajstić information content (AvgIpc) is 2.89. The molecule has 1 aliphatic heterocycles. The molecule has 5 nitrogen and oxygen atoms in total. The van der Waals surface area contributed by atoms with Crippen LogP contribution in [0.5, 0.6) is 0 Å². The van der Waals surface area contributed by atoms with Crippen molar-refractivity contribution in [3.05, 3.63) is 79.9 Å². The van der Waals surface area contributed by atoms with Gasteiger partial charge >= 0.3 is 0 Å². The Kier molecular flexibility index (Phi) is 4.13. The summed E-state index contributed by atoms with van der Waals surface area (Å²) in [5.41, 5.74) is 0.182. The van der Waals surface area contributed by atoms with E-state index in [1.165, 1.54) is 23.1 Å². The molecule has 0 saturated heterocycles. The van der Waals surface area contributed by atoms with Gasteiger partial charge in [-0.25, -0.2) is 4.39 Å². The molecule has 0 bridgehead atoms. The van der Waals surface area contributed by atoms with E-state index < -0.39 is 17.8 Å². The van der Waals surface area contributed by atoms with Crippen molar-refractivity contribution >= 4 is 32.8 Å².